The van der Waals surface area contributed by atoms with Gasteiger partial charge in [0, 0.05) is 36.4 Å². The summed E-state index contributed by atoms with van der Waals surface area (Å²) in [5.74, 6) is 0.00277. The maximum atomic E-state index is 12.1. The molecule has 1 aromatic carbocycles. The summed E-state index contributed by atoms with van der Waals surface area (Å²) in [6, 6.07) is 7.95. The number of benzene rings is 1. The van der Waals surface area contributed by atoms with Gasteiger partial charge in [0.25, 0.3) is 5.91 Å². The van der Waals surface area contributed by atoms with E-state index in [1.54, 1.807) is 24.3 Å². The van der Waals surface area contributed by atoms with Crippen LogP contribution in [-0.2, 0) is 0 Å². The number of nitrogens with one attached hydrogen (secondary N) is 1. The number of likely N-dealkylation sites (tertiary alicyclic amines) is 1. The van der Waals surface area contributed by atoms with E-state index < -0.39 is 0 Å². The lowest BCUT2D eigenvalue weighted by Crippen LogP contribution is -2.46. The number of piperidine rings is 1. The van der Waals surface area contributed by atoms with Crippen molar-refractivity contribution in [2.45, 2.75) is 38.8 Å². The molecule has 0 saturated carbocycles. The van der Waals surface area contributed by atoms with Crippen LogP contribution in [0.2, 0.25) is 0 Å². The third-order valence-electron chi connectivity index (χ3n) is 3.77. The molecule has 0 bridgehead atoms. The van der Waals surface area contributed by atoms with Gasteiger partial charge in [-0.05, 0) is 51.0 Å². The van der Waals surface area contributed by atoms with E-state index in [-0.39, 0.29) is 18.3 Å². The molecule has 1 saturated heterocycles. The molecule has 0 radical (unpaired) electrons. The number of rotatable bonds is 3. The monoisotopic (exact) mass is 297 g/mol. The molecule has 2 rings (SSSR count). The standard InChI is InChI=1S/C15H23N3O.ClH/c1-11(2)18-9-7-14(8-10-18)17-15(19)12-3-5-13(16)6-4-12;/h3-6,11,14H,7-10,16H2,1-2H3,(H,17,19);1H. The predicted molar refractivity (Wildman–Crippen MR) is 85.3 cm³/mol. The minimum absolute atomic E-state index is 0. The summed E-state index contributed by atoms with van der Waals surface area (Å²) in [5, 5.41) is 3.11. The van der Waals surface area contributed by atoms with Crippen LogP contribution in [-0.4, -0.2) is 36.0 Å². The highest BCUT2D eigenvalue weighted by molar-refractivity contribution is 5.94. The SMILES string of the molecule is CC(C)N1CCC(NC(=O)c2ccc(N)cc2)CC1.Cl. The molecule has 1 aliphatic rings. The highest BCUT2D eigenvalue weighted by Crippen LogP contribution is 2.14. The molecule has 1 fully saturated rings. The van der Waals surface area contributed by atoms with Crippen LogP contribution in [0.3, 0.4) is 0 Å². The first-order chi connectivity index (χ1) is 9.06. The van der Waals surface area contributed by atoms with Crippen LogP contribution in [0.1, 0.15) is 37.0 Å². The Balaban J connectivity index is 0.00000200. The van der Waals surface area contributed by atoms with Crippen molar-refractivity contribution < 1.29 is 4.79 Å². The van der Waals surface area contributed by atoms with E-state index in [1.807, 2.05) is 0 Å². The van der Waals surface area contributed by atoms with Gasteiger partial charge in [-0.3, -0.25) is 4.79 Å². The molecule has 0 aliphatic carbocycles. The van der Waals surface area contributed by atoms with Crippen molar-refractivity contribution in [3.8, 4) is 0 Å². The first-order valence-corrected chi connectivity index (χ1v) is 6.96. The molecule has 5 heteroatoms. The second kappa shape index (κ2) is 7.50. The van der Waals surface area contributed by atoms with Gasteiger partial charge in [0.2, 0.25) is 0 Å². The van der Waals surface area contributed by atoms with Crippen molar-refractivity contribution in [1.29, 1.82) is 0 Å². The van der Waals surface area contributed by atoms with Crippen LogP contribution in [0.25, 0.3) is 0 Å². The van der Waals surface area contributed by atoms with E-state index in [2.05, 4.69) is 24.1 Å². The lowest BCUT2D eigenvalue weighted by atomic mass is 10.0. The van der Waals surface area contributed by atoms with Crippen molar-refractivity contribution in [2.75, 3.05) is 18.8 Å². The molecule has 0 spiro atoms. The van der Waals surface area contributed by atoms with Gasteiger partial charge in [-0.25, -0.2) is 0 Å². The molecule has 1 aliphatic heterocycles. The fourth-order valence-corrected chi connectivity index (χ4v) is 2.46. The van der Waals surface area contributed by atoms with Gasteiger partial charge in [-0.2, -0.15) is 0 Å². The van der Waals surface area contributed by atoms with Gasteiger partial charge in [0.15, 0.2) is 0 Å². The zero-order valence-electron chi connectivity index (χ0n) is 12.1. The molecule has 20 heavy (non-hydrogen) atoms. The Labute approximate surface area is 127 Å². The smallest absolute Gasteiger partial charge is 0.251 e. The van der Waals surface area contributed by atoms with Crippen LogP contribution in [0, 0.1) is 0 Å². The molecule has 3 N–H and O–H groups in total. The van der Waals surface area contributed by atoms with Crippen molar-refractivity contribution in [1.82, 2.24) is 10.2 Å². The fraction of sp³-hybridized carbons (Fsp3) is 0.533. The highest BCUT2D eigenvalue weighted by Gasteiger charge is 2.22. The first kappa shape index (κ1) is 16.8. The van der Waals surface area contributed by atoms with Crippen LogP contribution in [0.5, 0.6) is 0 Å². The predicted octanol–water partition coefficient (Wildman–Crippen LogP) is 2.29. The minimum Gasteiger partial charge on any atom is -0.399 e. The Morgan fingerprint density at radius 1 is 1.25 bits per heavy atom. The number of carbonyl (C=O) groups excluding carboxylic acids is 1. The number of carbonyl (C=O) groups is 1. The number of halogens is 1. The van der Waals surface area contributed by atoms with Gasteiger partial charge in [0.05, 0.1) is 0 Å². The van der Waals surface area contributed by atoms with Crippen LogP contribution >= 0.6 is 12.4 Å². The molecule has 4 nitrogen and oxygen atoms in total. The quantitative estimate of drug-likeness (QED) is 0.842. The maximum absolute atomic E-state index is 12.1. The normalized spacial score (nSPS) is 16.8. The number of nitrogens with two attached hydrogens (primary N) is 1. The van der Waals surface area contributed by atoms with E-state index in [0.29, 0.717) is 23.3 Å². The summed E-state index contributed by atoms with van der Waals surface area (Å²) >= 11 is 0. The van der Waals surface area contributed by atoms with E-state index in [0.717, 1.165) is 25.9 Å². The summed E-state index contributed by atoms with van der Waals surface area (Å²) in [5.41, 5.74) is 6.98. The van der Waals surface area contributed by atoms with Gasteiger partial charge < -0.3 is 16.0 Å². The molecule has 112 valence electrons. The summed E-state index contributed by atoms with van der Waals surface area (Å²) in [7, 11) is 0. The van der Waals surface area contributed by atoms with E-state index in [4.69, 9.17) is 5.73 Å². The van der Waals surface area contributed by atoms with Gasteiger partial charge >= 0.3 is 0 Å². The van der Waals surface area contributed by atoms with Crippen LogP contribution < -0.4 is 11.1 Å². The second-order valence-electron chi connectivity index (χ2n) is 5.50. The van der Waals surface area contributed by atoms with Gasteiger partial charge in [0.1, 0.15) is 0 Å². The molecule has 0 unspecified atom stereocenters. The summed E-state index contributed by atoms with van der Waals surface area (Å²) in [4.78, 5) is 14.5. The highest BCUT2D eigenvalue weighted by atomic mass is 35.5. The second-order valence-corrected chi connectivity index (χ2v) is 5.50. The molecule has 1 aromatic rings. The molecule has 0 aromatic heterocycles. The summed E-state index contributed by atoms with van der Waals surface area (Å²) in [6.07, 6.45) is 2.05. The summed E-state index contributed by atoms with van der Waals surface area (Å²) in [6.45, 7) is 6.55. The Bertz CT molecular complexity index is 425. The van der Waals surface area contributed by atoms with Gasteiger partial charge in [-0.1, -0.05) is 0 Å². The van der Waals surface area contributed by atoms with E-state index >= 15 is 0 Å². The lowest BCUT2D eigenvalue weighted by molar-refractivity contribution is 0.0900. The van der Waals surface area contributed by atoms with E-state index in [1.165, 1.54) is 0 Å². The van der Waals surface area contributed by atoms with Crippen LogP contribution in [0.4, 0.5) is 5.69 Å². The molecular weight excluding hydrogens is 274 g/mol. The fourth-order valence-electron chi connectivity index (χ4n) is 2.46. The number of nitrogen functional groups attached to an aromatic ring is 1. The first-order valence-electron chi connectivity index (χ1n) is 6.96. The summed E-state index contributed by atoms with van der Waals surface area (Å²) < 4.78 is 0. The lowest BCUT2D eigenvalue weighted by Gasteiger charge is -2.34. The molecular formula is C15H24ClN3O. The number of nitrogens with zero attached hydrogens (tertiary/aromatic N) is 1. The average Bonchev–Trinajstić information content (AvgIpc) is 2.40. The van der Waals surface area contributed by atoms with Crippen molar-refractivity contribution in [2.24, 2.45) is 0 Å². The number of hydrogen-bond acceptors (Lipinski definition) is 3. The van der Waals surface area contributed by atoms with Crippen LogP contribution in [0.15, 0.2) is 24.3 Å². The third-order valence-corrected chi connectivity index (χ3v) is 3.77. The number of anilines is 1. The Kier molecular flexibility index (Phi) is 6.30. The van der Waals surface area contributed by atoms with Crippen molar-refractivity contribution in [3.05, 3.63) is 29.8 Å². The van der Waals surface area contributed by atoms with Crippen molar-refractivity contribution >= 4 is 24.0 Å². The van der Waals surface area contributed by atoms with Gasteiger partial charge in [-0.15, -0.1) is 12.4 Å². The third kappa shape index (κ3) is 4.39. The van der Waals surface area contributed by atoms with Crippen molar-refractivity contribution in [3.63, 3.8) is 0 Å². The number of amides is 1. The Morgan fingerprint density at radius 3 is 2.30 bits per heavy atom. The minimum atomic E-state index is 0. The zero-order valence-corrected chi connectivity index (χ0v) is 13.0. The zero-order chi connectivity index (χ0) is 13.8. The maximum Gasteiger partial charge on any atom is 0.251 e. The largest absolute Gasteiger partial charge is 0.399 e. The average molecular weight is 298 g/mol. The number of hydrogen-bond donors (Lipinski definition) is 2. The molecule has 1 amide bonds. The Morgan fingerprint density at radius 2 is 1.80 bits per heavy atom. The Hall–Kier alpha value is -1.26. The molecule has 1 heterocycles. The van der Waals surface area contributed by atoms with E-state index in [9.17, 15) is 4.79 Å². The topological polar surface area (TPSA) is 58.4 Å². The molecule has 0 atom stereocenters.